The van der Waals surface area contributed by atoms with Crippen molar-refractivity contribution < 1.29 is 4.79 Å². The van der Waals surface area contributed by atoms with E-state index in [1.807, 2.05) is 67.8 Å². The number of thioether (sulfide) groups is 1. The van der Waals surface area contributed by atoms with Crippen molar-refractivity contribution in [2.75, 3.05) is 11.6 Å². The molecule has 0 atom stereocenters. The number of aromatic nitrogens is 2. The molecule has 0 saturated heterocycles. The van der Waals surface area contributed by atoms with Crippen LogP contribution in [0.1, 0.15) is 5.56 Å². The molecule has 0 aliphatic rings. The van der Waals surface area contributed by atoms with Gasteiger partial charge in [0.25, 0.3) is 5.56 Å². The van der Waals surface area contributed by atoms with Crippen molar-refractivity contribution in [2.45, 2.75) is 18.6 Å². The summed E-state index contributed by atoms with van der Waals surface area (Å²) < 4.78 is 1.39. The SMILES string of the molecule is CSc1nc(-c2ccccc2)cc(=O)n1CC(=O)Nc1cccc(C)c1. The molecule has 5 nitrogen and oxygen atoms in total. The number of aryl methyl sites for hydroxylation is 1. The second-order valence-corrected chi connectivity index (χ2v) is 6.61. The van der Waals surface area contributed by atoms with Crippen LogP contribution < -0.4 is 10.9 Å². The van der Waals surface area contributed by atoms with E-state index in [2.05, 4.69) is 10.3 Å². The van der Waals surface area contributed by atoms with Crippen LogP contribution in [0, 0.1) is 6.92 Å². The Morgan fingerprint density at radius 1 is 1.12 bits per heavy atom. The van der Waals surface area contributed by atoms with E-state index in [4.69, 9.17) is 0 Å². The lowest BCUT2D eigenvalue weighted by Crippen LogP contribution is -2.29. The average Bonchev–Trinajstić information content (AvgIpc) is 2.64. The van der Waals surface area contributed by atoms with Gasteiger partial charge in [-0.3, -0.25) is 14.2 Å². The number of hydrogen-bond acceptors (Lipinski definition) is 4. The number of carbonyl (C=O) groups is 1. The highest BCUT2D eigenvalue weighted by molar-refractivity contribution is 7.98. The highest BCUT2D eigenvalue weighted by atomic mass is 32.2. The Morgan fingerprint density at radius 2 is 1.88 bits per heavy atom. The summed E-state index contributed by atoms with van der Waals surface area (Å²) in [5.41, 5.74) is 3.00. The number of rotatable bonds is 5. The molecule has 0 unspecified atom stereocenters. The molecular formula is C20H19N3O2S. The maximum atomic E-state index is 12.6. The van der Waals surface area contributed by atoms with Gasteiger partial charge in [0, 0.05) is 17.3 Å². The van der Waals surface area contributed by atoms with E-state index in [1.165, 1.54) is 22.4 Å². The second kappa shape index (κ2) is 8.01. The highest BCUT2D eigenvalue weighted by Crippen LogP contribution is 2.19. The zero-order chi connectivity index (χ0) is 18.5. The standard InChI is InChI=1S/C20H19N3O2S/c1-14-7-6-10-16(11-14)21-18(24)13-23-19(25)12-17(22-20(23)26-2)15-8-4-3-5-9-15/h3-12H,13H2,1-2H3,(H,21,24). The number of hydrogen-bond donors (Lipinski definition) is 1. The lowest BCUT2D eigenvalue weighted by Gasteiger charge is -2.12. The van der Waals surface area contributed by atoms with Gasteiger partial charge in [0.2, 0.25) is 5.91 Å². The maximum absolute atomic E-state index is 12.6. The van der Waals surface area contributed by atoms with Crippen molar-refractivity contribution in [2.24, 2.45) is 0 Å². The zero-order valence-electron chi connectivity index (χ0n) is 14.6. The molecule has 132 valence electrons. The summed E-state index contributed by atoms with van der Waals surface area (Å²) in [6.45, 7) is 1.88. The lowest BCUT2D eigenvalue weighted by molar-refractivity contribution is -0.116. The predicted octanol–water partition coefficient (Wildman–Crippen LogP) is 3.58. The third kappa shape index (κ3) is 4.21. The highest BCUT2D eigenvalue weighted by Gasteiger charge is 2.13. The fraction of sp³-hybridized carbons (Fsp3) is 0.150. The van der Waals surface area contributed by atoms with E-state index in [-0.39, 0.29) is 18.0 Å². The van der Waals surface area contributed by atoms with Crippen LogP contribution in [-0.2, 0) is 11.3 Å². The summed E-state index contributed by atoms with van der Waals surface area (Å²) in [5.74, 6) is -0.262. The second-order valence-electron chi connectivity index (χ2n) is 5.84. The molecule has 1 N–H and O–H groups in total. The first-order valence-electron chi connectivity index (χ1n) is 8.14. The van der Waals surface area contributed by atoms with Gasteiger partial charge in [-0.15, -0.1) is 0 Å². The van der Waals surface area contributed by atoms with Gasteiger partial charge in [0.1, 0.15) is 6.54 Å². The molecule has 0 bridgehead atoms. The Bertz CT molecular complexity index is 984. The molecule has 0 spiro atoms. The van der Waals surface area contributed by atoms with Gasteiger partial charge in [-0.2, -0.15) is 0 Å². The zero-order valence-corrected chi connectivity index (χ0v) is 15.4. The first kappa shape index (κ1) is 17.9. The summed E-state index contributed by atoms with van der Waals surface area (Å²) in [5, 5.41) is 3.33. The minimum atomic E-state index is -0.262. The van der Waals surface area contributed by atoms with Gasteiger partial charge >= 0.3 is 0 Å². The number of benzene rings is 2. The molecule has 26 heavy (non-hydrogen) atoms. The monoisotopic (exact) mass is 365 g/mol. The largest absolute Gasteiger partial charge is 0.325 e. The number of nitrogens with one attached hydrogen (secondary N) is 1. The van der Waals surface area contributed by atoms with Gasteiger partial charge in [-0.25, -0.2) is 4.98 Å². The van der Waals surface area contributed by atoms with Gasteiger partial charge in [-0.05, 0) is 30.9 Å². The molecule has 3 rings (SSSR count). The third-order valence-electron chi connectivity index (χ3n) is 3.83. The Hall–Kier alpha value is -2.86. The quantitative estimate of drug-likeness (QED) is 0.554. The van der Waals surface area contributed by atoms with Crippen LogP contribution >= 0.6 is 11.8 Å². The van der Waals surface area contributed by atoms with Crippen LogP contribution in [-0.4, -0.2) is 21.7 Å². The lowest BCUT2D eigenvalue weighted by atomic mass is 10.1. The van der Waals surface area contributed by atoms with E-state index in [9.17, 15) is 9.59 Å². The van der Waals surface area contributed by atoms with E-state index < -0.39 is 0 Å². The molecule has 0 fully saturated rings. The van der Waals surface area contributed by atoms with E-state index in [0.717, 1.165) is 11.1 Å². The van der Waals surface area contributed by atoms with Crippen LogP contribution in [0.3, 0.4) is 0 Å². The average molecular weight is 365 g/mol. The molecule has 0 aliphatic carbocycles. The summed E-state index contributed by atoms with van der Waals surface area (Å²) in [4.78, 5) is 29.5. The molecule has 1 heterocycles. The number of amides is 1. The molecule has 6 heteroatoms. The van der Waals surface area contributed by atoms with Gasteiger partial charge in [-0.1, -0.05) is 54.2 Å². The number of nitrogens with zero attached hydrogens (tertiary/aromatic N) is 2. The van der Waals surface area contributed by atoms with Crippen molar-refractivity contribution in [1.29, 1.82) is 0 Å². The predicted molar refractivity (Wildman–Crippen MR) is 106 cm³/mol. The summed E-state index contributed by atoms with van der Waals surface area (Å²) in [7, 11) is 0. The van der Waals surface area contributed by atoms with Crippen molar-refractivity contribution in [1.82, 2.24) is 9.55 Å². The first-order chi connectivity index (χ1) is 12.6. The van der Waals surface area contributed by atoms with Crippen LogP contribution in [0.5, 0.6) is 0 Å². The Morgan fingerprint density at radius 3 is 2.58 bits per heavy atom. The summed E-state index contributed by atoms with van der Waals surface area (Å²) >= 11 is 1.34. The van der Waals surface area contributed by atoms with Crippen molar-refractivity contribution in [3.8, 4) is 11.3 Å². The van der Waals surface area contributed by atoms with Crippen molar-refractivity contribution in [3.05, 3.63) is 76.6 Å². The van der Waals surface area contributed by atoms with E-state index in [1.54, 1.807) is 0 Å². The fourth-order valence-corrected chi connectivity index (χ4v) is 3.17. The molecule has 1 amide bonds. The van der Waals surface area contributed by atoms with Crippen LogP contribution in [0.15, 0.2) is 70.6 Å². The molecule has 0 radical (unpaired) electrons. The molecule has 0 saturated carbocycles. The Balaban J connectivity index is 1.85. The van der Waals surface area contributed by atoms with Gasteiger partial charge < -0.3 is 5.32 Å². The molecular weight excluding hydrogens is 346 g/mol. The summed E-state index contributed by atoms with van der Waals surface area (Å²) in [6, 6.07) is 18.5. The molecule has 2 aromatic carbocycles. The smallest absolute Gasteiger partial charge is 0.255 e. The van der Waals surface area contributed by atoms with Crippen molar-refractivity contribution in [3.63, 3.8) is 0 Å². The van der Waals surface area contributed by atoms with Gasteiger partial charge in [0.05, 0.1) is 5.69 Å². The first-order valence-corrected chi connectivity index (χ1v) is 9.37. The third-order valence-corrected chi connectivity index (χ3v) is 4.51. The van der Waals surface area contributed by atoms with Crippen LogP contribution in [0.2, 0.25) is 0 Å². The van der Waals surface area contributed by atoms with Gasteiger partial charge in [0.15, 0.2) is 5.16 Å². The van der Waals surface area contributed by atoms with Crippen molar-refractivity contribution >= 4 is 23.4 Å². The molecule has 3 aromatic rings. The summed E-state index contributed by atoms with van der Waals surface area (Å²) in [6.07, 6.45) is 1.84. The maximum Gasteiger partial charge on any atom is 0.255 e. The minimum absolute atomic E-state index is 0.0784. The number of anilines is 1. The molecule has 1 aromatic heterocycles. The number of carbonyl (C=O) groups excluding carboxylic acids is 1. The van der Waals surface area contributed by atoms with E-state index in [0.29, 0.717) is 16.5 Å². The van der Waals surface area contributed by atoms with Crippen LogP contribution in [0.4, 0.5) is 5.69 Å². The fourth-order valence-electron chi connectivity index (χ4n) is 2.61. The Kier molecular flexibility index (Phi) is 5.53. The van der Waals surface area contributed by atoms with E-state index >= 15 is 0 Å². The van der Waals surface area contributed by atoms with Crippen LogP contribution in [0.25, 0.3) is 11.3 Å². The molecule has 0 aliphatic heterocycles. The Labute approximate surface area is 156 Å². The topological polar surface area (TPSA) is 64.0 Å². The minimum Gasteiger partial charge on any atom is -0.325 e. The normalized spacial score (nSPS) is 10.5.